The zero-order valence-corrected chi connectivity index (χ0v) is 19.4. The molecular formula is C24H26ClFN4O3. The molecule has 1 saturated heterocycles. The highest BCUT2D eigenvalue weighted by molar-refractivity contribution is 6.30. The number of carbonyl (C=O) groups excluding carboxylic acids is 3. The average Bonchev–Trinajstić information content (AvgIpc) is 2.86. The van der Waals surface area contributed by atoms with Gasteiger partial charge >= 0.3 is 0 Å². The van der Waals surface area contributed by atoms with Gasteiger partial charge in [0.2, 0.25) is 11.8 Å². The summed E-state index contributed by atoms with van der Waals surface area (Å²) < 4.78 is 14.4. The van der Waals surface area contributed by atoms with Gasteiger partial charge in [0.05, 0.1) is 23.8 Å². The summed E-state index contributed by atoms with van der Waals surface area (Å²) in [5.41, 5.74) is 7.12. The Bertz CT molecular complexity index is 1150. The predicted molar refractivity (Wildman–Crippen MR) is 124 cm³/mol. The fraction of sp³-hybridized carbons (Fsp3) is 0.375. The molecule has 33 heavy (non-hydrogen) atoms. The van der Waals surface area contributed by atoms with Gasteiger partial charge in [-0.3, -0.25) is 14.4 Å². The fourth-order valence-corrected chi connectivity index (χ4v) is 4.27. The topological polar surface area (TPSA) is 95.7 Å². The molecule has 4 rings (SSSR count). The summed E-state index contributed by atoms with van der Waals surface area (Å²) in [6, 6.07) is 7.56. The number of benzene rings is 2. The Balaban J connectivity index is 1.63. The third-order valence-corrected chi connectivity index (χ3v) is 6.44. The lowest BCUT2D eigenvalue weighted by Crippen LogP contribution is -2.62. The van der Waals surface area contributed by atoms with Gasteiger partial charge in [0, 0.05) is 23.7 Å². The molecule has 0 aliphatic carbocycles. The summed E-state index contributed by atoms with van der Waals surface area (Å²) in [5.74, 6) is -1.48. The van der Waals surface area contributed by atoms with E-state index in [1.807, 2.05) is 20.8 Å². The van der Waals surface area contributed by atoms with Gasteiger partial charge in [-0.25, -0.2) is 4.39 Å². The Hall–Kier alpha value is -2.97. The van der Waals surface area contributed by atoms with Crippen LogP contribution in [0.5, 0.6) is 0 Å². The molecule has 7 nitrogen and oxygen atoms in total. The summed E-state index contributed by atoms with van der Waals surface area (Å²) in [4.78, 5) is 42.3. The Kier molecular flexibility index (Phi) is 5.92. The molecule has 0 bridgehead atoms. The summed E-state index contributed by atoms with van der Waals surface area (Å²) in [6.07, 6.45) is 0. The molecule has 9 heteroatoms. The highest BCUT2D eigenvalue weighted by Gasteiger charge is 2.42. The first-order valence-corrected chi connectivity index (χ1v) is 11.1. The van der Waals surface area contributed by atoms with E-state index >= 15 is 0 Å². The SMILES string of the molecule is CC(C)(C)[C@H](N)C(=O)N1CCN2C(=O)c3cc(-c4ccc(Cl)cc4F)ccc3NC(=O)[C@@H]2C1. The number of hydrogen-bond donors (Lipinski definition) is 2. The molecule has 2 aromatic rings. The van der Waals surface area contributed by atoms with Gasteiger partial charge in [-0.05, 0) is 41.3 Å². The number of anilines is 1. The van der Waals surface area contributed by atoms with Gasteiger partial charge in [0.15, 0.2) is 0 Å². The van der Waals surface area contributed by atoms with Gasteiger partial charge in [-0.2, -0.15) is 0 Å². The van der Waals surface area contributed by atoms with E-state index in [4.69, 9.17) is 17.3 Å². The molecule has 2 atom stereocenters. The summed E-state index contributed by atoms with van der Waals surface area (Å²) in [6.45, 7) is 6.17. The Labute approximate surface area is 196 Å². The minimum atomic E-state index is -0.842. The third-order valence-electron chi connectivity index (χ3n) is 6.20. The first kappa shape index (κ1) is 23.2. The Morgan fingerprint density at radius 1 is 1.15 bits per heavy atom. The maximum atomic E-state index is 14.4. The number of nitrogens with two attached hydrogens (primary N) is 1. The van der Waals surface area contributed by atoms with Crippen LogP contribution < -0.4 is 11.1 Å². The fourth-order valence-electron chi connectivity index (χ4n) is 4.11. The lowest BCUT2D eigenvalue weighted by Gasteiger charge is -2.41. The molecule has 1 fully saturated rings. The van der Waals surface area contributed by atoms with Crippen LogP contribution in [-0.4, -0.2) is 59.2 Å². The number of amides is 3. The van der Waals surface area contributed by atoms with Gasteiger partial charge in [0.1, 0.15) is 11.9 Å². The second kappa shape index (κ2) is 8.43. The Morgan fingerprint density at radius 3 is 2.55 bits per heavy atom. The van der Waals surface area contributed by atoms with Gasteiger partial charge < -0.3 is 20.9 Å². The van der Waals surface area contributed by atoms with Crippen LogP contribution >= 0.6 is 11.6 Å². The van der Waals surface area contributed by atoms with Gasteiger partial charge in [-0.15, -0.1) is 0 Å². The second-order valence-electron chi connectivity index (χ2n) is 9.52. The largest absolute Gasteiger partial charge is 0.337 e. The third kappa shape index (κ3) is 4.32. The van der Waals surface area contributed by atoms with Crippen LogP contribution in [0, 0.1) is 11.2 Å². The van der Waals surface area contributed by atoms with Crippen molar-refractivity contribution in [2.45, 2.75) is 32.9 Å². The highest BCUT2D eigenvalue weighted by atomic mass is 35.5. The van der Waals surface area contributed by atoms with Crippen molar-refractivity contribution in [3.8, 4) is 11.1 Å². The zero-order chi connectivity index (χ0) is 24.1. The van der Waals surface area contributed by atoms with E-state index in [1.54, 1.807) is 35.2 Å². The maximum absolute atomic E-state index is 14.4. The lowest BCUT2D eigenvalue weighted by atomic mass is 9.86. The van der Waals surface area contributed by atoms with Crippen molar-refractivity contribution in [3.63, 3.8) is 0 Å². The first-order chi connectivity index (χ1) is 15.5. The van der Waals surface area contributed by atoms with Crippen molar-refractivity contribution in [2.75, 3.05) is 25.0 Å². The van der Waals surface area contributed by atoms with E-state index in [2.05, 4.69) is 5.32 Å². The zero-order valence-electron chi connectivity index (χ0n) is 18.7. The van der Waals surface area contributed by atoms with E-state index in [0.29, 0.717) is 16.8 Å². The minimum absolute atomic E-state index is 0.0623. The number of rotatable bonds is 2. The molecule has 0 saturated carbocycles. The smallest absolute Gasteiger partial charge is 0.256 e. The summed E-state index contributed by atoms with van der Waals surface area (Å²) in [7, 11) is 0. The van der Waals surface area contributed by atoms with Crippen LogP contribution in [0.3, 0.4) is 0 Å². The molecule has 0 aromatic heterocycles. The molecule has 0 spiro atoms. The maximum Gasteiger partial charge on any atom is 0.256 e. The number of nitrogens with one attached hydrogen (secondary N) is 1. The van der Waals surface area contributed by atoms with Gasteiger partial charge in [0.25, 0.3) is 5.91 Å². The molecule has 3 N–H and O–H groups in total. The molecular weight excluding hydrogens is 447 g/mol. The number of hydrogen-bond acceptors (Lipinski definition) is 4. The van der Waals surface area contributed by atoms with Crippen molar-refractivity contribution >= 4 is 35.0 Å². The molecule has 0 radical (unpaired) electrons. The molecule has 2 heterocycles. The van der Waals surface area contributed by atoms with Crippen LogP contribution in [0.2, 0.25) is 5.02 Å². The highest BCUT2D eigenvalue weighted by Crippen LogP contribution is 2.32. The molecule has 2 aromatic carbocycles. The lowest BCUT2D eigenvalue weighted by molar-refractivity contribution is -0.139. The molecule has 2 aliphatic rings. The number of fused-ring (bicyclic) bond motifs is 2. The van der Waals surface area contributed by atoms with Crippen molar-refractivity contribution in [2.24, 2.45) is 11.1 Å². The van der Waals surface area contributed by atoms with Crippen LogP contribution in [-0.2, 0) is 9.59 Å². The normalized spacial score (nSPS) is 19.4. The number of halogens is 2. The van der Waals surface area contributed by atoms with Crippen LogP contribution in [0.15, 0.2) is 36.4 Å². The van der Waals surface area contributed by atoms with Crippen LogP contribution in [0.25, 0.3) is 11.1 Å². The molecule has 2 aliphatic heterocycles. The van der Waals surface area contributed by atoms with E-state index in [-0.39, 0.29) is 47.9 Å². The summed E-state index contributed by atoms with van der Waals surface area (Å²) >= 11 is 5.85. The predicted octanol–water partition coefficient (Wildman–Crippen LogP) is 3.12. The quantitative estimate of drug-likeness (QED) is 0.702. The monoisotopic (exact) mass is 472 g/mol. The minimum Gasteiger partial charge on any atom is -0.337 e. The van der Waals surface area contributed by atoms with Crippen LogP contribution in [0.4, 0.5) is 10.1 Å². The van der Waals surface area contributed by atoms with Crippen molar-refractivity contribution < 1.29 is 18.8 Å². The van der Waals surface area contributed by atoms with Crippen molar-refractivity contribution in [1.82, 2.24) is 9.80 Å². The number of piperazine rings is 1. The Morgan fingerprint density at radius 2 is 1.88 bits per heavy atom. The first-order valence-electron chi connectivity index (χ1n) is 10.7. The molecule has 0 unspecified atom stereocenters. The summed E-state index contributed by atoms with van der Waals surface area (Å²) in [5, 5.41) is 3.06. The van der Waals surface area contributed by atoms with E-state index in [9.17, 15) is 18.8 Å². The van der Waals surface area contributed by atoms with E-state index in [1.165, 1.54) is 11.0 Å². The number of carbonyl (C=O) groups is 3. The standard InChI is InChI=1S/C24H26ClFN4O3/c1-24(2,3)20(27)23(33)29-8-9-30-19(12-29)21(31)28-18-7-4-13(10-16(18)22(30)32)15-6-5-14(25)11-17(15)26/h4-7,10-11,19-20H,8-9,12,27H2,1-3H3,(H,28,31)/t19-,20+/m0/s1. The van der Waals surface area contributed by atoms with E-state index in [0.717, 1.165) is 0 Å². The van der Waals surface area contributed by atoms with Crippen LogP contribution in [0.1, 0.15) is 31.1 Å². The average molecular weight is 473 g/mol. The van der Waals surface area contributed by atoms with E-state index < -0.39 is 23.3 Å². The number of nitrogens with zero attached hydrogens (tertiary/aromatic N) is 2. The molecule has 3 amide bonds. The van der Waals surface area contributed by atoms with Gasteiger partial charge in [-0.1, -0.05) is 38.4 Å². The molecule has 174 valence electrons. The van der Waals surface area contributed by atoms with Crippen molar-refractivity contribution in [3.05, 3.63) is 52.8 Å². The second-order valence-corrected chi connectivity index (χ2v) is 9.95. The van der Waals surface area contributed by atoms with Crippen molar-refractivity contribution in [1.29, 1.82) is 0 Å².